The highest BCUT2D eigenvalue weighted by atomic mass is 19.1. The quantitative estimate of drug-likeness (QED) is 0.746. The molecule has 0 unspecified atom stereocenters. The van der Waals surface area contributed by atoms with E-state index in [0.29, 0.717) is 6.54 Å². The molecule has 0 spiro atoms. The molecule has 1 aromatic heterocycles. The third-order valence-electron chi connectivity index (χ3n) is 6.15. The van der Waals surface area contributed by atoms with E-state index in [1.165, 1.54) is 6.07 Å². The zero-order valence-electron chi connectivity index (χ0n) is 16.1. The van der Waals surface area contributed by atoms with E-state index >= 15 is 0 Å². The number of nitrogens with zero attached hydrogens (tertiary/aromatic N) is 3. The molecule has 29 heavy (non-hydrogen) atoms. The number of amides is 1. The molecule has 3 aromatic rings. The van der Waals surface area contributed by atoms with Crippen molar-refractivity contribution in [2.75, 3.05) is 24.5 Å². The van der Waals surface area contributed by atoms with E-state index in [1.807, 2.05) is 40.0 Å². The summed E-state index contributed by atoms with van der Waals surface area (Å²) in [6, 6.07) is 14.6. The molecule has 5 nitrogen and oxygen atoms in total. The second-order valence-corrected chi connectivity index (χ2v) is 7.79. The molecule has 2 aromatic carbocycles. The normalized spacial score (nSPS) is 17.9. The molecular formula is C23H23FN4O. The van der Waals surface area contributed by atoms with Gasteiger partial charge in [0.15, 0.2) is 0 Å². The number of hydrogen-bond donors (Lipinski definition) is 1. The van der Waals surface area contributed by atoms with Gasteiger partial charge >= 0.3 is 0 Å². The Morgan fingerprint density at radius 1 is 1.07 bits per heavy atom. The number of nitrogens with one attached hydrogen (secondary N) is 1. The van der Waals surface area contributed by atoms with Crippen molar-refractivity contribution in [1.29, 1.82) is 0 Å². The first-order valence-corrected chi connectivity index (χ1v) is 10.1. The molecule has 3 heterocycles. The zero-order valence-corrected chi connectivity index (χ0v) is 16.1. The number of hydrogen-bond acceptors (Lipinski definition) is 3. The fraction of sp³-hybridized carbons (Fsp3) is 0.304. The minimum atomic E-state index is -0.641. The molecule has 2 aliphatic rings. The largest absolute Gasteiger partial charge is 0.317 e. The van der Waals surface area contributed by atoms with Crippen molar-refractivity contribution >= 4 is 11.6 Å². The van der Waals surface area contributed by atoms with Crippen LogP contribution >= 0.6 is 0 Å². The number of carbonyl (C=O) groups excluding carboxylic acids is 1. The average Bonchev–Trinajstić information content (AvgIpc) is 3.44. The van der Waals surface area contributed by atoms with Crippen LogP contribution in [0.15, 0.2) is 60.9 Å². The molecule has 0 atom stereocenters. The van der Waals surface area contributed by atoms with Crippen LogP contribution in [-0.4, -0.2) is 35.3 Å². The molecule has 0 bridgehead atoms. The van der Waals surface area contributed by atoms with E-state index in [4.69, 9.17) is 0 Å². The minimum Gasteiger partial charge on any atom is -0.317 e. The van der Waals surface area contributed by atoms with Crippen molar-refractivity contribution in [2.45, 2.75) is 24.8 Å². The van der Waals surface area contributed by atoms with E-state index < -0.39 is 5.54 Å². The van der Waals surface area contributed by atoms with E-state index in [-0.39, 0.29) is 11.7 Å². The summed E-state index contributed by atoms with van der Waals surface area (Å²) >= 11 is 0. The Morgan fingerprint density at radius 3 is 2.66 bits per heavy atom. The first-order valence-electron chi connectivity index (χ1n) is 10.1. The van der Waals surface area contributed by atoms with Crippen LogP contribution in [0, 0.1) is 5.82 Å². The Morgan fingerprint density at radius 2 is 1.90 bits per heavy atom. The smallest absolute Gasteiger partial charge is 0.255 e. The van der Waals surface area contributed by atoms with Gasteiger partial charge in [-0.15, -0.1) is 0 Å². The van der Waals surface area contributed by atoms with Gasteiger partial charge < -0.3 is 10.2 Å². The van der Waals surface area contributed by atoms with Crippen molar-refractivity contribution in [1.82, 2.24) is 15.1 Å². The molecule has 6 heteroatoms. The van der Waals surface area contributed by atoms with Crippen molar-refractivity contribution in [3.05, 3.63) is 72.3 Å². The highest BCUT2D eigenvalue weighted by Crippen LogP contribution is 2.37. The summed E-state index contributed by atoms with van der Waals surface area (Å²) in [5.41, 5.74) is 3.27. The average molecular weight is 390 g/mol. The van der Waals surface area contributed by atoms with Crippen LogP contribution in [0.5, 0.6) is 0 Å². The first kappa shape index (κ1) is 18.1. The highest BCUT2D eigenvalue weighted by molar-refractivity contribution is 6.01. The molecule has 5 rings (SSSR count). The fourth-order valence-corrected chi connectivity index (χ4v) is 4.61. The SMILES string of the molecule is O=C(N1CCc2cc(-c3cccc(F)c3)ccc21)C1(n2cccn2)CCNCC1. The third-order valence-corrected chi connectivity index (χ3v) is 6.15. The van der Waals surface area contributed by atoms with Gasteiger partial charge in [0, 0.05) is 24.6 Å². The molecule has 0 radical (unpaired) electrons. The van der Waals surface area contributed by atoms with Crippen LogP contribution in [0.25, 0.3) is 11.1 Å². The molecule has 0 aliphatic carbocycles. The monoisotopic (exact) mass is 390 g/mol. The van der Waals surface area contributed by atoms with Crippen molar-refractivity contribution in [2.24, 2.45) is 0 Å². The fourth-order valence-electron chi connectivity index (χ4n) is 4.61. The van der Waals surface area contributed by atoms with E-state index in [9.17, 15) is 9.18 Å². The van der Waals surface area contributed by atoms with Gasteiger partial charge in [-0.3, -0.25) is 9.48 Å². The first-order chi connectivity index (χ1) is 14.2. The summed E-state index contributed by atoms with van der Waals surface area (Å²) in [6.07, 6.45) is 5.88. The lowest BCUT2D eigenvalue weighted by molar-refractivity contribution is -0.129. The second-order valence-electron chi connectivity index (χ2n) is 7.79. The van der Waals surface area contributed by atoms with Gasteiger partial charge in [0.1, 0.15) is 11.4 Å². The molecule has 1 amide bonds. The maximum atomic E-state index is 13.8. The summed E-state index contributed by atoms with van der Waals surface area (Å²) in [6.45, 7) is 2.26. The summed E-state index contributed by atoms with van der Waals surface area (Å²) in [5.74, 6) is -0.133. The number of anilines is 1. The minimum absolute atomic E-state index is 0.111. The van der Waals surface area contributed by atoms with Crippen LogP contribution < -0.4 is 10.2 Å². The predicted octanol–water partition coefficient (Wildman–Crippen LogP) is 3.36. The van der Waals surface area contributed by atoms with Crippen molar-refractivity contribution in [3.8, 4) is 11.1 Å². The van der Waals surface area contributed by atoms with Gasteiger partial charge in [0.05, 0.1) is 0 Å². The van der Waals surface area contributed by atoms with Crippen LogP contribution in [-0.2, 0) is 16.8 Å². The van der Waals surface area contributed by atoms with Gasteiger partial charge in [0.2, 0.25) is 0 Å². The van der Waals surface area contributed by atoms with E-state index in [2.05, 4.69) is 16.5 Å². The lowest BCUT2D eigenvalue weighted by Gasteiger charge is -2.39. The number of carbonyl (C=O) groups is 1. The summed E-state index contributed by atoms with van der Waals surface area (Å²) in [4.78, 5) is 15.7. The van der Waals surface area contributed by atoms with Gasteiger partial charge in [-0.05, 0) is 79.4 Å². The molecule has 1 N–H and O–H groups in total. The third kappa shape index (κ3) is 3.04. The molecule has 1 fully saturated rings. The van der Waals surface area contributed by atoms with E-state index in [0.717, 1.165) is 54.7 Å². The molecular weight excluding hydrogens is 367 g/mol. The number of aromatic nitrogens is 2. The Balaban J connectivity index is 1.49. The number of rotatable bonds is 3. The van der Waals surface area contributed by atoms with Gasteiger partial charge in [-0.25, -0.2) is 4.39 Å². The zero-order chi connectivity index (χ0) is 19.8. The summed E-state index contributed by atoms with van der Waals surface area (Å²) in [7, 11) is 0. The van der Waals surface area contributed by atoms with Crippen molar-refractivity contribution in [3.63, 3.8) is 0 Å². The van der Waals surface area contributed by atoms with Crippen LogP contribution in [0.2, 0.25) is 0 Å². The Hall–Kier alpha value is -2.99. The van der Waals surface area contributed by atoms with Gasteiger partial charge in [-0.2, -0.15) is 5.10 Å². The standard InChI is InChI=1S/C23H23FN4O/c24-20-4-1-3-17(16-20)18-5-6-21-19(15-18)7-14-27(21)22(29)23(8-11-25-12-9-23)28-13-2-10-26-28/h1-6,10,13,15-16,25H,7-9,11-12,14H2. The van der Waals surface area contributed by atoms with Crippen LogP contribution in [0.3, 0.4) is 0 Å². The molecule has 1 saturated heterocycles. The maximum absolute atomic E-state index is 13.8. The molecule has 148 valence electrons. The Labute approximate surface area is 169 Å². The number of piperidine rings is 1. The summed E-state index contributed by atoms with van der Waals surface area (Å²) in [5, 5.41) is 7.78. The second kappa shape index (κ2) is 7.12. The van der Waals surface area contributed by atoms with Gasteiger partial charge in [0.25, 0.3) is 5.91 Å². The number of fused-ring (bicyclic) bond motifs is 1. The lowest BCUT2D eigenvalue weighted by Crippen LogP contribution is -2.55. The van der Waals surface area contributed by atoms with Crippen LogP contribution in [0.1, 0.15) is 18.4 Å². The maximum Gasteiger partial charge on any atom is 0.255 e. The number of benzene rings is 2. The summed E-state index contributed by atoms with van der Waals surface area (Å²) < 4.78 is 15.5. The van der Waals surface area contributed by atoms with E-state index in [1.54, 1.807) is 18.3 Å². The molecule has 2 aliphatic heterocycles. The number of halogens is 1. The van der Waals surface area contributed by atoms with Gasteiger partial charge in [-0.1, -0.05) is 18.2 Å². The van der Waals surface area contributed by atoms with Crippen molar-refractivity contribution < 1.29 is 9.18 Å². The highest BCUT2D eigenvalue weighted by Gasteiger charge is 2.46. The van der Waals surface area contributed by atoms with Crippen LogP contribution in [0.4, 0.5) is 10.1 Å². The molecule has 0 saturated carbocycles. The lowest BCUT2D eigenvalue weighted by atomic mass is 9.86. The Kier molecular flexibility index (Phi) is 4.43. The Bertz CT molecular complexity index is 1040. The topological polar surface area (TPSA) is 50.2 Å². The predicted molar refractivity (Wildman–Crippen MR) is 110 cm³/mol.